The van der Waals surface area contributed by atoms with Crippen molar-refractivity contribution in [3.63, 3.8) is 0 Å². The van der Waals surface area contributed by atoms with Crippen molar-refractivity contribution in [3.05, 3.63) is 64.4 Å². The van der Waals surface area contributed by atoms with Crippen molar-refractivity contribution in [3.8, 4) is 5.75 Å². The highest BCUT2D eigenvalue weighted by Gasteiger charge is 2.12. The highest BCUT2D eigenvalue weighted by molar-refractivity contribution is 7.99. The van der Waals surface area contributed by atoms with Gasteiger partial charge in [-0.3, -0.25) is 4.79 Å². The van der Waals surface area contributed by atoms with E-state index in [1.807, 2.05) is 23.7 Å². The van der Waals surface area contributed by atoms with Gasteiger partial charge >= 0.3 is 0 Å². The molecule has 0 aliphatic heterocycles. The van der Waals surface area contributed by atoms with Gasteiger partial charge in [0.25, 0.3) is 0 Å². The number of rotatable bonds is 8. The van der Waals surface area contributed by atoms with Gasteiger partial charge in [-0.2, -0.15) is 0 Å². The number of hydrogen-bond donors (Lipinski definition) is 1. The number of ether oxygens (including phenoxy) is 1. The summed E-state index contributed by atoms with van der Waals surface area (Å²) in [5, 5.41) is 13.0. The summed E-state index contributed by atoms with van der Waals surface area (Å²) in [6.45, 7) is 0.253. The Morgan fingerprint density at radius 1 is 1.18 bits per heavy atom. The van der Waals surface area contributed by atoms with Crippen LogP contribution in [-0.2, 0) is 18.4 Å². The Morgan fingerprint density at radius 3 is 2.79 bits per heavy atom. The third-order valence-corrected chi connectivity index (χ3v) is 5.36. The molecule has 0 bridgehead atoms. The van der Waals surface area contributed by atoms with Gasteiger partial charge in [0.1, 0.15) is 12.4 Å². The van der Waals surface area contributed by atoms with E-state index in [0.29, 0.717) is 44.6 Å². The van der Waals surface area contributed by atoms with Gasteiger partial charge in [-0.05, 0) is 30.3 Å². The lowest BCUT2D eigenvalue weighted by Crippen LogP contribution is -2.12. The summed E-state index contributed by atoms with van der Waals surface area (Å²) < 4.78 is 7.54. The van der Waals surface area contributed by atoms with Crippen molar-refractivity contribution in [2.24, 2.45) is 7.05 Å². The van der Waals surface area contributed by atoms with E-state index in [9.17, 15) is 4.79 Å². The zero-order chi connectivity index (χ0) is 19.9. The number of carbonyl (C=O) groups is 1. The topological polar surface area (TPSA) is 69.0 Å². The number of anilines is 1. The van der Waals surface area contributed by atoms with Crippen LogP contribution in [0.1, 0.15) is 12.2 Å². The summed E-state index contributed by atoms with van der Waals surface area (Å²) in [6.07, 6.45) is 0.343. The van der Waals surface area contributed by atoms with E-state index in [1.54, 1.807) is 36.4 Å². The number of para-hydroxylation sites is 1. The number of aromatic nitrogens is 3. The van der Waals surface area contributed by atoms with Crippen molar-refractivity contribution in [2.45, 2.75) is 18.2 Å². The van der Waals surface area contributed by atoms with Crippen LogP contribution >= 0.6 is 35.0 Å². The fraction of sp³-hybridized carbons (Fsp3) is 0.211. The van der Waals surface area contributed by atoms with Gasteiger partial charge in [-0.1, -0.05) is 53.2 Å². The van der Waals surface area contributed by atoms with Gasteiger partial charge in [0.2, 0.25) is 5.91 Å². The number of nitrogens with zero attached hydrogens (tertiary/aromatic N) is 3. The zero-order valence-corrected chi connectivity index (χ0v) is 17.4. The third-order valence-electron chi connectivity index (χ3n) is 3.79. The molecule has 0 spiro atoms. The summed E-state index contributed by atoms with van der Waals surface area (Å²) >= 11 is 13.5. The van der Waals surface area contributed by atoms with Crippen LogP contribution in [0.25, 0.3) is 0 Å². The number of halogens is 2. The first-order valence-electron chi connectivity index (χ1n) is 8.47. The molecule has 0 saturated heterocycles. The van der Waals surface area contributed by atoms with Gasteiger partial charge in [0.05, 0.1) is 5.02 Å². The molecule has 0 radical (unpaired) electrons. The van der Waals surface area contributed by atoms with Gasteiger partial charge in [-0.15, -0.1) is 10.2 Å². The summed E-state index contributed by atoms with van der Waals surface area (Å²) in [7, 11) is 1.86. The maximum absolute atomic E-state index is 12.1. The predicted octanol–water partition coefficient (Wildman–Crippen LogP) is 4.82. The van der Waals surface area contributed by atoms with E-state index in [4.69, 9.17) is 27.9 Å². The number of carbonyl (C=O) groups excluding carboxylic acids is 1. The van der Waals surface area contributed by atoms with E-state index in [1.165, 1.54) is 11.8 Å². The molecule has 2 aromatic carbocycles. The molecule has 0 fully saturated rings. The third kappa shape index (κ3) is 5.64. The molecule has 9 heteroatoms. The van der Waals surface area contributed by atoms with Gasteiger partial charge in [0.15, 0.2) is 11.0 Å². The number of amides is 1. The fourth-order valence-electron chi connectivity index (χ4n) is 2.33. The smallest absolute Gasteiger partial charge is 0.225 e. The summed E-state index contributed by atoms with van der Waals surface area (Å²) in [4.78, 5) is 12.1. The average molecular weight is 437 g/mol. The van der Waals surface area contributed by atoms with E-state index < -0.39 is 0 Å². The molecule has 146 valence electrons. The molecule has 0 atom stereocenters. The quantitative estimate of drug-likeness (QED) is 0.512. The van der Waals surface area contributed by atoms with Gasteiger partial charge < -0.3 is 14.6 Å². The minimum absolute atomic E-state index is 0.0841. The fourth-order valence-corrected chi connectivity index (χ4v) is 3.57. The number of benzene rings is 2. The van der Waals surface area contributed by atoms with Crippen LogP contribution in [0.3, 0.4) is 0 Å². The van der Waals surface area contributed by atoms with Crippen molar-refractivity contribution >= 4 is 46.6 Å². The lowest BCUT2D eigenvalue weighted by Gasteiger charge is -2.08. The van der Waals surface area contributed by atoms with E-state index in [-0.39, 0.29) is 12.5 Å². The van der Waals surface area contributed by atoms with Crippen molar-refractivity contribution in [2.75, 3.05) is 11.1 Å². The van der Waals surface area contributed by atoms with Crippen molar-refractivity contribution in [1.29, 1.82) is 0 Å². The standard InChI is InChI=1S/C19H18Cl2N4O2S/c1-25-17(12-27-16-8-3-2-7-15(16)21)23-24-19(25)28-10-9-18(26)22-14-6-4-5-13(20)11-14/h2-8,11H,9-10,12H2,1H3,(H,22,26). The Morgan fingerprint density at radius 2 is 2.00 bits per heavy atom. The molecule has 6 nitrogen and oxygen atoms in total. The van der Waals surface area contributed by atoms with Crippen LogP contribution in [-0.4, -0.2) is 26.4 Å². The first kappa shape index (κ1) is 20.5. The Hall–Kier alpha value is -2.22. The maximum Gasteiger partial charge on any atom is 0.225 e. The maximum atomic E-state index is 12.1. The Kier molecular flexibility index (Phi) is 7.19. The lowest BCUT2D eigenvalue weighted by atomic mass is 10.3. The molecule has 0 unspecified atom stereocenters. The van der Waals surface area contributed by atoms with Gasteiger partial charge in [0, 0.05) is 29.9 Å². The summed E-state index contributed by atoms with van der Waals surface area (Å²) in [5.41, 5.74) is 0.681. The van der Waals surface area contributed by atoms with Crippen LogP contribution < -0.4 is 10.1 Å². The molecule has 1 N–H and O–H groups in total. The molecule has 0 aliphatic carbocycles. The molecular formula is C19H18Cl2N4O2S. The normalized spacial score (nSPS) is 10.7. The number of nitrogens with one attached hydrogen (secondary N) is 1. The Bertz CT molecular complexity index is 965. The molecule has 1 heterocycles. The molecule has 28 heavy (non-hydrogen) atoms. The van der Waals surface area contributed by atoms with Crippen LogP contribution in [0.2, 0.25) is 10.0 Å². The first-order valence-corrected chi connectivity index (χ1v) is 10.2. The van der Waals surface area contributed by atoms with Crippen LogP contribution in [0.4, 0.5) is 5.69 Å². The highest BCUT2D eigenvalue weighted by Crippen LogP contribution is 2.24. The molecular weight excluding hydrogens is 419 g/mol. The summed E-state index contributed by atoms with van der Waals surface area (Å²) in [5.74, 6) is 1.76. The minimum atomic E-state index is -0.0841. The largest absolute Gasteiger partial charge is 0.484 e. The molecule has 0 aliphatic rings. The monoisotopic (exact) mass is 436 g/mol. The zero-order valence-electron chi connectivity index (χ0n) is 15.1. The summed E-state index contributed by atoms with van der Waals surface area (Å²) in [6, 6.07) is 14.3. The minimum Gasteiger partial charge on any atom is -0.484 e. The van der Waals surface area contributed by atoms with Crippen molar-refractivity contribution in [1.82, 2.24) is 14.8 Å². The first-order chi connectivity index (χ1) is 13.5. The van der Waals surface area contributed by atoms with Crippen molar-refractivity contribution < 1.29 is 9.53 Å². The second-order valence-electron chi connectivity index (χ2n) is 5.83. The Labute approximate surface area is 177 Å². The lowest BCUT2D eigenvalue weighted by molar-refractivity contribution is -0.115. The van der Waals surface area contributed by atoms with E-state index in [2.05, 4.69) is 15.5 Å². The SMILES string of the molecule is Cn1c(COc2ccccc2Cl)nnc1SCCC(=O)Nc1cccc(Cl)c1. The van der Waals surface area contributed by atoms with E-state index in [0.717, 1.165) is 0 Å². The second kappa shape index (κ2) is 9.82. The predicted molar refractivity (Wildman–Crippen MR) is 112 cm³/mol. The van der Waals surface area contributed by atoms with E-state index >= 15 is 0 Å². The molecule has 1 aromatic heterocycles. The molecule has 1 amide bonds. The Balaban J connectivity index is 1.47. The second-order valence-corrected chi connectivity index (χ2v) is 7.74. The van der Waals surface area contributed by atoms with Crippen LogP contribution in [0.5, 0.6) is 5.75 Å². The molecule has 3 aromatic rings. The van der Waals surface area contributed by atoms with Crippen LogP contribution in [0, 0.1) is 0 Å². The number of hydrogen-bond acceptors (Lipinski definition) is 5. The van der Waals surface area contributed by atoms with Crippen LogP contribution in [0.15, 0.2) is 53.7 Å². The van der Waals surface area contributed by atoms with Gasteiger partial charge in [-0.25, -0.2) is 0 Å². The highest BCUT2D eigenvalue weighted by atomic mass is 35.5. The number of thioether (sulfide) groups is 1. The average Bonchev–Trinajstić information content (AvgIpc) is 3.01. The molecule has 3 rings (SSSR count). The molecule has 0 saturated carbocycles.